The second kappa shape index (κ2) is 5.44. The highest BCUT2D eigenvalue weighted by molar-refractivity contribution is 5.81. The predicted molar refractivity (Wildman–Crippen MR) is 80.2 cm³/mol. The molecule has 1 unspecified atom stereocenters. The molecule has 0 saturated carbocycles. The van der Waals surface area contributed by atoms with Crippen molar-refractivity contribution in [2.24, 2.45) is 5.73 Å². The van der Waals surface area contributed by atoms with Crippen LogP contribution in [0.25, 0.3) is 0 Å². The Balaban J connectivity index is 2.03. The zero-order chi connectivity index (χ0) is 14.1. The monoisotopic (exact) mass is 276 g/mol. The number of nitrogens with zero attached hydrogens (tertiary/aromatic N) is 3. The molecule has 20 heavy (non-hydrogen) atoms. The number of hydrogen-bond donors (Lipinski definition) is 3. The lowest BCUT2D eigenvalue weighted by atomic mass is 9.96. The number of nitrogens with two attached hydrogens (primary N) is 1. The third-order valence-corrected chi connectivity index (χ3v) is 4.47. The molecule has 6 heteroatoms. The first-order valence-corrected chi connectivity index (χ1v) is 7.59. The van der Waals surface area contributed by atoms with Gasteiger partial charge in [0.15, 0.2) is 0 Å². The van der Waals surface area contributed by atoms with Gasteiger partial charge in [-0.1, -0.05) is 6.42 Å². The van der Waals surface area contributed by atoms with Crippen LogP contribution in [0.4, 0.5) is 5.82 Å². The average Bonchev–Trinajstić information content (AvgIpc) is 2.63. The first-order chi connectivity index (χ1) is 9.68. The Kier molecular flexibility index (Phi) is 3.65. The molecule has 0 spiro atoms. The lowest BCUT2D eigenvalue weighted by Gasteiger charge is -2.31. The van der Waals surface area contributed by atoms with E-state index >= 15 is 0 Å². The number of nitrogens with one attached hydrogen (secondary N) is 2. The number of likely N-dealkylation sites (tertiary alicyclic amines) is 1. The van der Waals surface area contributed by atoms with Crippen molar-refractivity contribution in [3.63, 3.8) is 0 Å². The van der Waals surface area contributed by atoms with Crippen LogP contribution in [0, 0.1) is 5.41 Å². The van der Waals surface area contributed by atoms with Gasteiger partial charge in [-0.3, -0.25) is 10.3 Å². The van der Waals surface area contributed by atoms with E-state index in [4.69, 9.17) is 11.1 Å². The van der Waals surface area contributed by atoms with Crippen molar-refractivity contribution in [2.45, 2.75) is 44.6 Å². The fraction of sp³-hybridized carbons (Fsp3) is 0.714. The lowest BCUT2D eigenvalue weighted by molar-refractivity contribution is 0.182. The molecule has 110 valence electrons. The quantitative estimate of drug-likeness (QED) is 0.536. The smallest absolute Gasteiger partial charge is 0.215 e. The number of nitrogen functional groups attached to an aromatic ring is 1. The van der Waals surface area contributed by atoms with Crippen LogP contribution in [0.2, 0.25) is 0 Å². The van der Waals surface area contributed by atoms with Gasteiger partial charge < -0.3 is 11.1 Å². The Morgan fingerprint density at radius 1 is 1.35 bits per heavy atom. The van der Waals surface area contributed by atoms with Crippen molar-refractivity contribution in [1.29, 1.82) is 5.41 Å². The Hall–Kier alpha value is -1.56. The fourth-order valence-corrected chi connectivity index (χ4v) is 3.39. The zero-order valence-electron chi connectivity index (χ0n) is 12.2. The largest absolute Gasteiger partial charge is 0.370 e. The molecule has 0 aromatic carbocycles. The number of piperidine rings is 1. The van der Waals surface area contributed by atoms with Gasteiger partial charge in [0.1, 0.15) is 5.82 Å². The van der Waals surface area contributed by atoms with Crippen LogP contribution in [-0.2, 0) is 6.42 Å². The molecular formula is C14H24N6. The van der Waals surface area contributed by atoms with E-state index in [2.05, 4.69) is 22.4 Å². The van der Waals surface area contributed by atoms with E-state index in [0.29, 0.717) is 6.04 Å². The minimum atomic E-state index is 0.000336. The maximum Gasteiger partial charge on any atom is 0.215 e. The Bertz CT molecular complexity index is 506. The molecule has 1 saturated heterocycles. The highest BCUT2D eigenvalue weighted by Crippen LogP contribution is 2.35. The number of anilines is 1. The van der Waals surface area contributed by atoms with Gasteiger partial charge in [0.2, 0.25) is 5.96 Å². The first-order valence-electron chi connectivity index (χ1n) is 7.59. The van der Waals surface area contributed by atoms with Crippen LogP contribution >= 0.6 is 0 Å². The summed E-state index contributed by atoms with van der Waals surface area (Å²) in [7, 11) is 2.17. The molecule has 4 N–H and O–H groups in total. The second-order valence-electron chi connectivity index (χ2n) is 5.89. The van der Waals surface area contributed by atoms with E-state index in [0.717, 1.165) is 43.9 Å². The molecule has 0 amide bonds. The molecule has 3 rings (SSSR count). The van der Waals surface area contributed by atoms with Gasteiger partial charge in [0.05, 0.1) is 11.7 Å². The van der Waals surface area contributed by atoms with Crippen LogP contribution in [0.1, 0.15) is 49.4 Å². The Morgan fingerprint density at radius 3 is 2.95 bits per heavy atom. The van der Waals surface area contributed by atoms with Crippen LogP contribution < -0.4 is 11.1 Å². The van der Waals surface area contributed by atoms with E-state index in [1.165, 1.54) is 24.8 Å². The fourth-order valence-electron chi connectivity index (χ4n) is 3.39. The molecule has 1 fully saturated rings. The summed E-state index contributed by atoms with van der Waals surface area (Å²) < 4.78 is 1.58. The number of rotatable bonds is 1. The van der Waals surface area contributed by atoms with Crippen molar-refractivity contribution >= 4 is 11.8 Å². The minimum absolute atomic E-state index is 0.000336. The van der Waals surface area contributed by atoms with Gasteiger partial charge in [-0.25, -0.2) is 0 Å². The summed E-state index contributed by atoms with van der Waals surface area (Å²) in [5.41, 5.74) is 8.10. The van der Waals surface area contributed by atoms with E-state index in [-0.39, 0.29) is 5.96 Å². The number of fused-ring (bicyclic) bond motifs is 1. The van der Waals surface area contributed by atoms with Crippen LogP contribution in [-0.4, -0.2) is 40.8 Å². The minimum Gasteiger partial charge on any atom is -0.370 e. The van der Waals surface area contributed by atoms with Gasteiger partial charge in [0, 0.05) is 12.1 Å². The zero-order valence-corrected chi connectivity index (χ0v) is 12.2. The SMILES string of the molecule is CN1CCCCC1c1nn(C(=N)N)c2c1CCCCN2. The third kappa shape index (κ3) is 2.28. The highest BCUT2D eigenvalue weighted by Gasteiger charge is 2.29. The molecule has 3 heterocycles. The van der Waals surface area contributed by atoms with Crippen molar-refractivity contribution < 1.29 is 0 Å². The van der Waals surface area contributed by atoms with Crippen molar-refractivity contribution in [3.8, 4) is 0 Å². The van der Waals surface area contributed by atoms with Crippen molar-refractivity contribution in [3.05, 3.63) is 11.3 Å². The summed E-state index contributed by atoms with van der Waals surface area (Å²) in [4.78, 5) is 2.39. The summed E-state index contributed by atoms with van der Waals surface area (Å²) in [6, 6.07) is 0.373. The van der Waals surface area contributed by atoms with Crippen molar-refractivity contribution in [1.82, 2.24) is 14.7 Å². The molecule has 1 atom stereocenters. The third-order valence-electron chi connectivity index (χ3n) is 4.47. The number of aromatic nitrogens is 2. The van der Waals surface area contributed by atoms with Crippen LogP contribution in [0.15, 0.2) is 0 Å². The topological polar surface area (TPSA) is 83.0 Å². The van der Waals surface area contributed by atoms with Crippen LogP contribution in [0.3, 0.4) is 0 Å². The highest BCUT2D eigenvalue weighted by atomic mass is 15.4. The molecule has 1 aromatic rings. The molecule has 0 bridgehead atoms. The van der Waals surface area contributed by atoms with E-state index < -0.39 is 0 Å². The van der Waals surface area contributed by atoms with Gasteiger partial charge in [-0.05, 0) is 45.7 Å². The molecule has 6 nitrogen and oxygen atoms in total. The first kappa shape index (κ1) is 13.4. The summed E-state index contributed by atoms with van der Waals surface area (Å²) in [5.74, 6) is 0.948. The predicted octanol–water partition coefficient (Wildman–Crippen LogP) is 1.53. The standard InChI is InChI=1S/C14H24N6/c1-19-9-5-3-7-11(19)12-10-6-2-4-8-17-13(10)20(18-12)14(15)16/h11,17H,2-9H2,1H3,(H3,15,16). The van der Waals surface area contributed by atoms with Gasteiger partial charge >= 0.3 is 0 Å². The molecule has 2 aliphatic heterocycles. The average molecular weight is 276 g/mol. The van der Waals surface area contributed by atoms with Gasteiger partial charge in [-0.15, -0.1) is 0 Å². The molecule has 0 aliphatic carbocycles. The van der Waals surface area contributed by atoms with E-state index in [9.17, 15) is 0 Å². The number of hydrogen-bond acceptors (Lipinski definition) is 4. The van der Waals surface area contributed by atoms with Crippen molar-refractivity contribution in [2.75, 3.05) is 25.5 Å². The maximum atomic E-state index is 7.75. The summed E-state index contributed by atoms with van der Waals surface area (Å²) in [5, 5.41) is 15.8. The maximum absolute atomic E-state index is 7.75. The molecule has 2 aliphatic rings. The van der Waals surface area contributed by atoms with Gasteiger partial charge in [0.25, 0.3) is 0 Å². The summed E-state index contributed by atoms with van der Waals surface area (Å²) in [6.45, 7) is 2.06. The second-order valence-corrected chi connectivity index (χ2v) is 5.89. The Labute approximate surface area is 119 Å². The summed E-state index contributed by atoms with van der Waals surface area (Å²) in [6.07, 6.45) is 7.04. The lowest BCUT2D eigenvalue weighted by Crippen LogP contribution is -2.31. The van der Waals surface area contributed by atoms with Crippen LogP contribution in [0.5, 0.6) is 0 Å². The molecule has 0 radical (unpaired) electrons. The van der Waals surface area contributed by atoms with E-state index in [1.807, 2.05) is 0 Å². The normalized spacial score (nSPS) is 23.8. The van der Waals surface area contributed by atoms with Gasteiger partial charge in [-0.2, -0.15) is 9.78 Å². The Morgan fingerprint density at radius 2 is 2.20 bits per heavy atom. The molecular weight excluding hydrogens is 252 g/mol. The molecule has 1 aromatic heterocycles. The summed E-state index contributed by atoms with van der Waals surface area (Å²) >= 11 is 0. The van der Waals surface area contributed by atoms with E-state index in [1.54, 1.807) is 4.68 Å².